The maximum atomic E-state index is 12.4. The van der Waals surface area contributed by atoms with E-state index in [0.717, 1.165) is 40.6 Å². The number of aryl methyl sites for hydroxylation is 1. The highest BCUT2D eigenvalue weighted by molar-refractivity contribution is 5.97. The first kappa shape index (κ1) is 24.9. The van der Waals surface area contributed by atoms with Crippen LogP contribution in [-0.2, 0) is 16.1 Å². The molecule has 0 bridgehead atoms. The number of ether oxygens (including phenoxy) is 2. The number of methoxy groups -OCH3 is 1. The number of hydrogen-bond acceptors (Lipinski definition) is 4. The predicted molar refractivity (Wildman–Crippen MR) is 138 cm³/mol. The molecule has 2 unspecified atom stereocenters. The summed E-state index contributed by atoms with van der Waals surface area (Å²) < 4.78 is 11.3. The fourth-order valence-electron chi connectivity index (χ4n) is 5.97. The fourth-order valence-corrected chi connectivity index (χ4v) is 5.97. The molecule has 0 amide bonds. The second-order valence-corrected chi connectivity index (χ2v) is 10.4. The minimum Gasteiger partial charge on any atom is -0.465 e. The number of hydrogen-bond donors (Lipinski definition) is 0. The van der Waals surface area contributed by atoms with Gasteiger partial charge in [0.05, 0.1) is 25.4 Å². The molecule has 1 aliphatic carbocycles. The van der Waals surface area contributed by atoms with Crippen molar-refractivity contribution in [3.8, 4) is 11.1 Å². The third-order valence-electron chi connectivity index (χ3n) is 7.83. The average Bonchev–Trinajstić information content (AvgIpc) is 2.88. The number of nitrogens with zero attached hydrogens (tertiary/aromatic N) is 1. The first-order valence-corrected chi connectivity index (χ1v) is 13.2. The van der Waals surface area contributed by atoms with Gasteiger partial charge < -0.3 is 14.4 Å². The molecule has 0 spiro atoms. The van der Waals surface area contributed by atoms with E-state index in [4.69, 9.17) is 9.47 Å². The minimum absolute atomic E-state index is 0.173. The smallest absolute Gasteiger partial charge is 0.338 e. The van der Waals surface area contributed by atoms with Crippen molar-refractivity contribution < 1.29 is 14.3 Å². The van der Waals surface area contributed by atoms with Gasteiger partial charge in [-0.1, -0.05) is 62.4 Å². The Hall–Kier alpha value is -2.17. The second kappa shape index (κ2) is 12.0. The molecule has 34 heavy (non-hydrogen) atoms. The zero-order valence-electron chi connectivity index (χ0n) is 21.2. The third-order valence-corrected chi connectivity index (χ3v) is 7.83. The molecule has 0 N–H and O–H groups in total. The molecule has 1 heterocycles. The Morgan fingerprint density at radius 2 is 1.76 bits per heavy atom. The summed E-state index contributed by atoms with van der Waals surface area (Å²) in [5.74, 6) is 1.52. The van der Waals surface area contributed by atoms with Gasteiger partial charge in [0.2, 0.25) is 0 Å². The lowest BCUT2D eigenvalue weighted by atomic mass is 9.76. The van der Waals surface area contributed by atoms with Gasteiger partial charge in [-0.15, -0.1) is 0 Å². The molecule has 2 fully saturated rings. The number of esters is 1. The van der Waals surface area contributed by atoms with E-state index >= 15 is 0 Å². The second-order valence-electron chi connectivity index (χ2n) is 10.4. The minimum atomic E-state index is -0.309. The Kier molecular flexibility index (Phi) is 8.80. The zero-order chi connectivity index (χ0) is 23.9. The highest BCUT2D eigenvalue weighted by Gasteiger charge is 2.28. The first-order chi connectivity index (χ1) is 16.5. The predicted octanol–water partition coefficient (Wildman–Crippen LogP) is 6.65. The van der Waals surface area contributed by atoms with Crippen LogP contribution >= 0.6 is 0 Å². The van der Waals surface area contributed by atoms with Gasteiger partial charge in [-0.05, 0) is 79.5 Å². The Bertz CT molecular complexity index is 950. The number of rotatable bonds is 8. The number of piperidine rings is 1. The van der Waals surface area contributed by atoms with Gasteiger partial charge in [-0.25, -0.2) is 4.79 Å². The monoisotopic (exact) mass is 463 g/mol. The van der Waals surface area contributed by atoms with Crippen molar-refractivity contribution in [3.05, 3.63) is 59.2 Å². The molecule has 4 rings (SSSR count). The molecule has 1 aliphatic heterocycles. The van der Waals surface area contributed by atoms with Crippen molar-refractivity contribution in [2.75, 3.05) is 26.7 Å². The summed E-state index contributed by atoms with van der Waals surface area (Å²) in [6.45, 7) is 8.23. The van der Waals surface area contributed by atoms with Crippen LogP contribution in [0.15, 0.2) is 42.5 Å². The molecular formula is C30H41NO3. The molecule has 4 heteroatoms. The van der Waals surface area contributed by atoms with Crippen LogP contribution in [-0.4, -0.2) is 43.7 Å². The summed E-state index contributed by atoms with van der Waals surface area (Å²) in [7, 11) is 1.43. The molecule has 2 aromatic rings. The molecule has 2 atom stereocenters. The number of likely N-dealkylation sites (tertiary alicyclic amines) is 1. The van der Waals surface area contributed by atoms with E-state index in [0.29, 0.717) is 12.2 Å². The number of carbonyl (C=O) groups is 1. The van der Waals surface area contributed by atoms with Crippen molar-refractivity contribution in [1.29, 1.82) is 0 Å². The molecule has 0 aromatic heterocycles. The quantitative estimate of drug-likeness (QED) is 0.411. The van der Waals surface area contributed by atoms with Gasteiger partial charge in [-0.3, -0.25) is 0 Å². The normalized spacial score (nSPS) is 20.7. The van der Waals surface area contributed by atoms with E-state index in [-0.39, 0.29) is 12.1 Å². The Balaban J connectivity index is 1.37. The molecule has 1 saturated carbocycles. The molecule has 2 aliphatic rings. The van der Waals surface area contributed by atoms with Gasteiger partial charge >= 0.3 is 5.97 Å². The van der Waals surface area contributed by atoms with Gasteiger partial charge in [0.15, 0.2) is 0 Å². The third kappa shape index (κ3) is 6.28. The Morgan fingerprint density at radius 1 is 1.00 bits per heavy atom. The summed E-state index contributed by atoms with van der Waals surface area (Å²) in [6, 6.07) is 14.1. The standard InChI is InChI=1S/C30H41NO3/c1-22-10-7-8-14-27(22)29-18-24(15-16-28(29)30(32)33-3)21-34-23(2)19-31-17-9-13-26(20-31)25-11-5-4-6-12-25/h7-8,10,14-16,18,23,25-26H,4-6,9,11-13,17,19-21H2,1-3H3. The first-order valence-electron chi connectivity index (χ1n) is 13.2. The summed E-state index contributed by atoms with van der Waals surface area (Å²) in [6.07, 6.45) is 10.1. The van der Waals surface area contributed by atoms with Gasteiger partial charge in [0, 0.05) is 13.1 Å². The van der Waals surface area contributed by atoms with Crippen molar-refractivity contribution in [2.45, 2.75) is 71.5 Å². The topological polar surface area (TPSA) is 38.8 Å². The van der Waals surface area contributed by atoms with Gasteiger partial charge in [0.1, 0.15) is 0 Å². The van der Waals surface area contributed by atoms with E-state index in [1.807, 2.05) is 24.3 Å². The van der Waals surface area contributed by atoms with Crippen LogP contribution in [0.1, 0.15) is 73.4 Å². The van der Waals surface area contributed by atoms with Crippen LogP contribution in [0.2, 0.25) is 0 Å². The average molecular weight is 464 g/mol. The summed E-state index contributed by atoms with van der Waals surface area (Å²) in [5.41, 5.74) is 4.77. The summed E-state index contributed by atoms with van der Waals surface area (Å²) in [4.78, 5) is 15.0. The maximum absolute atomic E-state index is 12.4. The van der Waals surface area contributed by atoms with E-state index in [2.05, 4.69) is 36.9 Å². The van der Waals surface area contributed by atoms with Crippen LogP contribution in [0.3, 0.4) is 0 Å². The zero-order valence-corrected chi connectivity index (χ0v) is 21.2. The highest BCUT2D eigenvalue weighted by atomic mass is 16.5. The number of benzene rings is 2. The molecule has 4 nitrogen and oxygen atoms in total. The van der Waals surface area contributed by atoms with Gasteiger partial charge in [-0.2, -0.15) is 0 Å². The van der Waals surface area contributed by atoms with Crippen molar-refractivity contribution in [3.63, 3.8) is 0 Å². The maximum Gasteiger partial charge on any atom is 0.338 e. The van der Waals surface area contributed by atoms with Crippen molar-refractivity contribution >= 4 is 5.97 Å². The summed E-state index contributed by atoms with van der Waals surface area (Å²) in [5, 5.41) is 0. The SMILES string of the molecule is COC(=O)c1ccc(COC(C)CN2CCCC(C3CCCCC3)C2)cc1-c1ccccc1C. The van der Waals surface area contributed by atoms with Crippen LogP contribution in [0, 0.1) is 18.8 Å². The lowest BCUT2D eigenvalue weighted by molar-refractivity contribution is 0.0107. The molecule has 184 valence electrons. The van der Waals surface area contributed by atoms with E-state index in [9.17, 15) is 4.79 Å². The van der Waals surface area contributed by atoms with Crippen LogP contribution in [0.5, 0.6) is 0 Å². The van der Waals surface area contributed by atoms with E-state index < -0.39 is 0 Å². The van der Waals surface area contributed by atoms with Gasteiger partial charge in [0.25, 0.3) is 0 Å². The summed E-state index contributed by atoms with van der Waals surface area (Å²) >= 11 is 0. The fraction of sp³-hybridized carbons (Fsp3) is 0.567. The molecule has 1 saturated heterocycles. The Labute approximate surface area is 205 Å². The van der Waals surface area contributed by atoms with E-state index in [1.165, 1.54) is 65.1 Å². The molecule has 0 radical (unpaired) electrons. The highest BCUT2D eigenvalue weighted by Crippen LogP contribution is 2.35. The van der Waals surface area contributed by atoms with Crippen LogP contribution in [0.25, 0.3) is 11.1 Å². The Morgan fingerprint density at radius 3 is 2.53 bits per heavy atom. The lowest BCUT2D eigenvalue weighted by Crippen LogP contribution is -2.42. The van der Waals surface area contributed by atoms with Crippen molar-refractivity contribution in [1.82, 2.24) is 4.90 Å². The molecule has 2 aromatic carbocycles. The number of carbonyl (C=O) groups excluding carboxylic acids is 1. The lowest BCUT2D eigenvalue weighted by Gasteiger charge is -2.39. The van der Waals surface area contributed by atoms with Crippen LogP contribution < -0.4 is 0 Å². The molecular weight excluding hydrogens is 422 g/mol. The van der Waals surface area contributed by atoms with Crippen molar-refractivity contribution in [2.24, 2.45) is 11.8 Å². The van der Waals surface area contributed by atoms with Crippen LogP contribution in [0.4, 0.5) is 0 Å². The van der Waals surface area contributed by atoms with E-state index in [1.54, 1.807) is 0 Å². The largest absolute Gasteiger partial charge is 0.465 e.